The number of hydrogen-bond acceptors (Lipinski definition) is 4. The maximum Gasteiger partial charge on any atom is 0.407 e. The van der Waals surface area contributed by atoms with E-state index < -0.39 is 5.60 Å². The Bertz CT molecular complexity index is 395. The van der Waals surface area contributed by atoms with Crippen LogP contribution in [0.25, 0.3) is 0 Å². The van der Waals surface area contributed by atoms with E-state index in [0.717, 1.165) is 37.0 Å². The molecule has 0 fully saturated rings. The van der Waals surface area contributed by atoms with Crippen LogP contribution in [-0.4, -0.2) is 36.6 Å². The fraction of sp³-hybridized carbons (Fsp3) is 0.750. The normalized spacial score (nSPS) is 13.1. The predicted molar refractivity (Wildman–Crippen MR) is 105 cm³/mol. The second kappa shape index (κ2) is 16.0. The lowest BCUT2D eigenvalue weighted by atomic mass is 10.0. The van der Waals surface area contributed by atoms with Crippen LogP contribution in [0, 0.1) is 0 Å². The summed E-state index contributed by atoms with van der Waals surface area (Å²) >= 11 is 0. The standard InChI is InChI=1S/C16H27NO4.2C2H6/c1-16(2,3)21-15(19)17-10-6-8-13-7-4-5-9-14(13)20-12-11-18;2*1-2/h7,9,18H,4-6,8,10-12H2,1-3H3,(H,17,19);2*1-2H3. The highest BCUT2D eigenvalue weighted by Gasteiger charge is 2.15. The van der Waals surface area contributed by atoms with Crippen molar-refractivity contribution in [3.63, 3.8) is 0 Å². The Balaban J connectivity index is 0. The van der Waals surface area contributed by atoms with E-state index in [-0.39, 0.29) is 12.7 Å². The van der Waals surface area contributed by atoms with Gasteiger partial charge in [0.15, 0.2) is 0 Å². The molecule has 25 heavy (non-hydrogen) atoms. The van der Waals surface area contributed by atoms with Gasteiger partial charge in [-0.3, -0.25) is 0 Å². The van der Waals surface area contributed by atoms with Gasteiger partial charge in [-0.05, 0) is 58.1 Å². The van der Waals surface area contributed by atoms with Crippen LogP contribution in [0.5, 0.6) is 0 Å². The molecule has 5 heteroatoms. The molecule has 2 N–H and O–H groups in total. The van der Waals surface area contributed by atoms with E-state index in [0.29, 0.717) is 13.2 Å². The lowest BCUT2D eigenvalue weighted by molar-refractivity contribution is 0.0527. The number of alkyl carbamates (subject to hydrolysis) is 1. The third kappa shape index (κ3) is 14.6. The van der Waals surface area contributed by atoms with Crippen molar-refractivity contribution < 1.29 is 19.4 Å². The van der Waals surface area contributed by atoms with E-state index in [9.17, 15) is 4.79 Å². The molecule has 1 rings (SSSR count). The zero-order chi connectivity index (χ0) is 19.7. The van der Waals surface area contributed by atoms with Crippen molar-refractivity contribution in [3.8, 4) is 0 Å². The average molecular weight is 358 g/mol. The molecule has 0 atom stereocenters. The van der Waals surface area contributed by atoms with Gasteiger partial charge < -0.3 is 19.9 Å². The Morgan fingerprint density at radius 1 is 1.16 bits per heavy atom. The molecule has 0 aromatic rings. The minimum absolute atomic E-state index is 0.0187. The van der Waals surface area contributed by atoms with Crippen molar-refractivity contribution in [1.29, 1.82) is 0 Å². The molecular weight excluding hydrogens is 318 g/mol. The summed E-state index contributed by atoms with van der Waals surface area (Å²) in [6.07, 6.45) is 7.50. The Kier molecular flexibility index (Phi) is 16.5. The average Bonchev–Trinajstić information content (AvgIpc) is 2.60. The summed E-state index contributed by atoms with van der Waals surface area (Å²) in [7, 11) is 0. The summed E-state index contributed by atoms with van der Waals surface area (Å²) in [6.45, 7) is 14.4. The second-order valence-corrected chi connectivity index (χ2v) is 5.98. The SMILES string of the molecule is CC.CC.CC(C)(C)OC(=O)NCCCC1=CCCC=C1OCCO. The Morgan fingerprint density at radius 3 is 2.32 bits per heavy atom. The Hall–Kier alpha value is -1.49. The first-order valence-electron chi connectivity index (χ1n) is 9.52. The third-order valence-corrected chi connectivity index (χ3v) is 2.84. The van der Waals surface area contributed by atoms with Gasteiger partial charge in [-0.1, -0.05) is 33.8 Å². The lowest BCUT2D eigenvalue weighted by Crippen LogP contribution is -2.33. The molecule has 0 aromatic carbocycles. The van der Waals surface area contributed by atoms with Gasteiger partial charge in [0.05, 0.1) is 6.61 Å². The van der Waals surface area contributed by atoms with Crippen LogP contribution in [-0.2, 0) is 9.47 Å². The number of aliphatic hydroxyl groups is 1. The van der Waals surface area contributed by atoms with Crippen molar-refractivity contribution in [3.05, 3.63) is 23.5 Å². The number of aliphatic hydroxyl groups excluding tert-OH is 1. The van der Waals surface area contributed by atoms with Crippen LogP contribution in [0.1, 0.15) is 74.1 Å². The zero-order valence-electron chi connectivity index (χ0n) is 17.3. The van der Waals surface area contributed by atoms with Crippen LogP contribution < -0.4 is 5.32 Å². The van der Waals surface area contributed by atoms with E-state index in [4.69, 9.17) is 14.6 Å². The van der Waals surface area contributed by atoms with Crippen molar-refractivity contribution in [2.45, 2.75) is 79.8 Å². The van der Waals surface area contributed by atoms with Gasteiger partial charge in [0.1, 0.15) is 18.0 Å². The highest BCUT2D eigenvalue weighted by atomic mass is 16.6. The molecule has 0 saturated carbocycles. The summed E-state index contributed by atoms with van der Waals surface area (Å²) < 4.78 is 10.7. The maximum atomic E-state index is 11.5. The molecule has 0 heterocycles. The molecule has 0 bridgehead atoms. The van der Waals surface area contributed by atoms with Crippen molar-refractivity contribution in [2.75, 3.05) is 19.8 Å². The molecular formula is C20H39NO4. The molecule has 5 nitrogen and oxygen atoms in total. The minimum atomic E-state index is -0.468. The molecule has 1 amide bonds. The van der Waals surface area contributed by atoms with E-state index >= 15 is 0 Å². The molecule has 0 unspecified atom stereocenters. The van der Waals surface area contributed by atoms with Gasteiger partial charge in [0.2, 0.25) is 0 Å². The van der Waals surface area contributed by atoms with Gasteiger partial charge in [-0.25, -0.2) is 4.79 Å². The number of amides is 1. The predicted octanol–water partition coefficient (Wildman–Crippen LogP) is 4.96. The third-order valence-electron chi connectivity index (χ3n) is 2.84. The van der Waals surface area contributed by atoms with E-state index in [1.165, 1.54) is 0 Å². The number of allylic oxidation sites excluding steroid dienone is 3. The molecule has 148 valence electrons. The van der Waals surface area contributed by atoms with E-state index in [2.05, 4.69) is 17.5 Å². The summed E-state index contributed by atoms with van der Waals surface area (Å²) in [6, 6.07) is 0. The second-order valence-electron chi connectivity index (χ2n) is 5.98. The number of carbonyl (C=O) groups excluding carboxylic acids is 1. The monoisotopic (exact) mass is 357 g/mol. The lowest BCUT2D eigenvalue weighted by Gasteiger charge is -2.20. The number of nitrogens with one attached hydrogen (secondary N) is 1. The highest BCUT2D eigenvalue weighted by Crippen LogP contribution is 2.23. The Labute approximate surface area is 154 Å². The van der Waals surface area contributed by atoms with Crippen LogP contribution >= 0.6 is 0 Å². The van der Waals surface area contributed by atoms with Crippen molar-refractivity contribution in [2.24, 2.45) is 0 Å². The topological polar surface area (TPSA) is 67.8 Å². The Morgan fingerprint density at radius 2 is 1.76 bits per heavy atom. The maximum absolute atomic E-state index is 11.5. The zero-order valence-corrected chi connectivity index (χ0v) is 17.3. The molecule has 1 aliphatic carbocycles. The largest absolute Gasteiger partial charge is 0.491 e. The number of hydrogen-bond donors (Lipinski definition) is 2. The molecule has 0 radical (unpaired) electrons. The van der Waals surface area contributed by atoms with Gasteiger partial charge in [-0.2, -0.15) is 0 Å². The van der Waals surface area contributed by atoms with Crippen LogP contribution in [0.15, 0.2) is 23.5 Å². The smallest absolute Gasteiger partial charge is 0.407 e. The summed E-state index contributed by atoms with van der Waals surface area (Å²) in [5.41, 5.74) is 0.685. The van der Waals surface area contributed by atoms with E-state index in [1.54, 1.807) is 0 Å². The number of ether oxygens (including phenoxy) is 2. The molecule has 0 aliphatic heterocycles. The van der Waals surface area contributed by atoms with E-state index in [1.807, 2.05) is 48.5 Å². The summed E-state index contributed by atoms with van der Waals surface area (Å²) in [5.74, 6) is 0.868. The van der Waals surface area contributed by atoms with Crippen molar-refractivity contribution in [1.82, 2.24) is 5.32 Å². The molecule has 0 spiro atoms. The van der Waals surface area contributed by atoms with Crippen LogP contribution in [0.2, 0.25) is 0 Å². The fourth-order valence-corrected chi connectivity index (χ4v) is 2.02. The first kappa shape index (κ1) is 25.7. The van der Waals surface area contributed by atoms with Gasteiger partial charge in [-0.15, -0.1) is 0 Å². The quantitative estimate of drug-likeness (QED) is 0.632. The van der Waals surface area contributed by atoms with Gasteiger partial charge in [0.25, 0.3) is 0 Å². The molecule has 0 aromatic heterocycles. The molecule has 1 aliphatic rings. The number of carbonyl (C=O) groups is 1. The molecule has 0 saturated heterocycles. The summed E-state index contributed by atoms with van der Waals surface area (Å²) in [5, 5.41) is 11.6. The first-order chi connectivity index (χ1) is 11.9. The number of rotatable bonds is 7. The van der Waals surface area contributed by atoms with Gasteiger partial charge in [0, 0.05) is 6.54 Å². The highest BCUT2D eigenvalue weighted by molar-refractivity contribution is 5.67. The van der Waals surface area contributed by atoms with Crippen LogP contribution in [0.3, 0.4) is 0 Å². The summed E-state index contributed by atoms with van der Waals surface area (Å²) in [4.78, 5) is 11.5. The van der Waals surface area contributed by atoms with Gasteiger partial charge >= 0.3 is 6.09 Å². The minimum Gasteiger partial charge on any atom is -0.491 e. The first-order valence-corrected chi connectivity index (χ1v) is 9.52. The van der Waals surface area contributed by atoms with Crippen molar-refractivity contribution >= 4 is 6.09 Å². The fourth-order valence-electron chi connectivity index (χ4n) is 2.02. The van der Waals surface area contributed by atoms with Crippen LogP contribution in [0.4, 0.5) is 4.79 Å².